The third kappa shape index (κ3) is 4.56. The quantitative estimate of drug-likeness (QED) is 0.811. The number of hydrogen-bond acceptors (Lipinski definition) is 2. The molecule has 1 unspecified atom stereocenters. The summed E-state index contributed by atoms with van der Waals surface area (Å²) in [5.41, 5.74) is 5.03. The molecule has 1 atom stereocenters. The van der Waals surface area contributed by atoms with Crippen molar-refractivity contribution >= 4 is 52.0 Å². The van der Waals surface area contributed by atoms with Crippen molar-refractivity contribution in [3.63, 3.8) is 0 Å². The van der Waals surface area contributed by atoms with E-state index in [1.807, 2.05) is 0 Å². The van der Waals surface area contributed by atoms with Crippen LogP contribution in [0.1, 0.15) is 0 Å². The molecule has 2 nitrogen and oxygen atoms in total. The maximum absolute atomic E-state index is 12.6. The summed E-state index contributed by atoms with van der Waals surface area (Å²) in [6.45, 7) is -0.806. The van der Waals surface area contributed by atoms with E-state index in [0.29, 0.717) is 0 Å². The topological polar surface area (TPSA) is 35.2 Å². The molecule has 0 aliphatic rings. The van der Waals surface area contributed by atoms with Gasteiger partial charge in [0.15, 0.2) is 5.75 Å². The summed E-state index contributed by atoms with van der Waals surface area (Å²) in [6, 6.07) is 2.60. The van der Waals surface area contributed by atoms with Gasteiger partial charge in [-0.05, 0) is 12.1 Å². The summed E-state index contributed by atoms with van der Waals surface area (Å²) >= 11 is 21.6. The Morgan fingerprint density at radius 1 is 1.26 bits per heavy atom. The molecule has 0 aromatic heterocycles. The first-order valence-corrected chi connectivity index (χ1v) is 6.30. The van der Waals surface area contributed by atoms with Crippen LogP contribution in [-0.2, 0) is 0 Å². The predicted molar refractivity (Wildman–Crippen MR) is 73.3 cm³/mol. The van der Waals surface area contributed by atoms with Crippen LogP contribution in [0, 0.1) is 5.92 Å². The molecule has 106 valence electrons. The lowest BCUT2D eigenvalue weighted by Gasteiger charge is -2.20. The van der Waals surface area contributed by atoms with Crippen LogP contribution in [0.25, 0.3) is 0 Å². The van der Waals surface area contributed by atoms with Gasteiger partial charge in [0.2, 0.25) is 0 Å². The Balaban J connectivity index is 2.90. The molecule has 0 saturated carbocycles. The monoisotopic (exact) mass is 351 g/mol. The highest BCUT2D eigenvalue weighted by molar-refractivity contribution is 7.80. The van der Waals surface area contributed by atoms with Crippen LogP contribution >= 0.6 is 47.0 Å². The molecule has 0 amide bonds. The Morgan fingerprint density at radius 2 is 1.74 bits per heavy atom. The fourth-order valence-electron chi connectivity index (χ4n) is 1.17. The zero-order chi connectivity index (χ0) is 14.8. The number of halogens is 6. The van der Waals surface area contributed by atoms with Gasteiger partial charge in [-0.3, -0.25) is 0 Å². The van der Waals surface area contributed by atoms with Crippen LogP contribution in [0.15, 0.2) is 12.1 Å². The number of rotatable bonds is 4. The maximum Gasteiger partial charge on any atom is 0.401 e. The number of benzene rings is 1. The van der Waals surface area contributed by atoms with Crippen LogP contribution in [0.3, 0.4) is 0 Å². The highest BCUT2D eigenvalue weighted by atomic mass is 35.5. The maximum atomic E-state index is 12.6. The number of thiocarbonyl (C=S) groups is 1. The standard InChI is InChI=1S/C10H7Cl3F3NOS/c11-4-1-6(12)8(7(13)2-4)18-3-5(9(17)19)10(14,15)16/h1-2,5H,3H2,(H2,17,19). The van der Waals surface area contributed by atoms with Crippen LogP contribution < -0.4 is 10.5 Å². The summed E-state index contributed by atoms with van der Waals surface area (Å²) in [6.07, 6.45) is -4.60. The second-order valence-corrected chi connectivity index (χ2v) is 5.23. The fraction of sp³-hybridized carbons (Fsp3) is 0.300. The molecule has 0 saturated heterocycles. The van der Waals surface area contributed by atoms with E-state index in [1.54, 1.807) is 0 Å². The van der Waals surface area contributed by atoms with Gasteiger partial charge >= 0.3 is 6.18 Å². The van der Waals surface area contributed by atoms with E-state index in [9.17, 15) is 13.2 Å². The van der Waals surface area contributed by atoms with E-state index in [2.05, 4.69) is 12.2 Å². The first kappa shape index (κ1) is 16.6. The zero-order valence-electron chi connectivity index (χ0n) is 9.10. The molecule has 19 heavy (non-hydrogen) atoms. The van der Waals surface area contributed by atoms with E-state index in [0.717, 1.165) is 0 Å². The molecule has 1 rings (SSSR count). The van der Waals surface area contributed by atoms with Crippen molar-refractivity contribution in [2.45, 2.75) is 6.18 Å². The summed E-state index contributed by atoms with van der Waals surface area (Å²) in [5, 5.41) is 0.242. The molecule has 1 aromatic rings. The third-order valence-electron chi connectivity index (χ3n) is 2.10. The summed E-state index contributed by atoms with van der Waals surface area (Å²) in [7, 11) is 0. The van der Waals surface area contributed by atoms with Crippen molar-refractivity contribution in [3.8, 4) is 5.75 Å². The van der Waals surface area contributed by atoms with Gasteiger partial charge in [0.25, 0.3) is 0 Å². The fourth-order valence-corrected chi connectivity index (χ4v) is 2.30. The highest BCUT2D eigenvalue weighted by Gasteiger charge is 2.42. The lowest BCUT2D eigenvalue weighted by molar-refractivity contribution is -0.161. The van der Waals surface area contributed by atoms with Crippen molar-refractivity contribution in [3.05, 3.63) is 27.2 Å². The van der Waals surface area contributed by atoms with Gasteiger partial charge in [-0.15, -0.1) is 0 Å². The highest BCUT2D eigenvalue weighted by Crippen LogP contribution is 2.37. The smallest absolute Gasteiger partial charge is 0.401 e. The Hall–Kier alpha value is -0.430. The van der Waals surface area contributed by atoms with Crippen molar-refractivity contribution in [2.24, 2.45) is 11.7 Å². The van der Waals surface area contributed by atoms with Crippen molar-refractivity contribution < 1.29 is 17.9 Å². The van der Waals surface area contributed by atoms with Gasteiger partial charge in [0.1, 0.15) is 12.5 Å². The van der Waals surface area contributed by atoms with Crippen LogP contribution in [-0.4, -0.2) is 17.8 Å². The molecule has 0 heterocycles. The molecule has 0 bridgehead atoms. The number of hydrogen-bond donors (Lipinski definition) is 1. The predicted octanol–water partition coefficient (Wildman–Crippen LogP) is 4.49. The third-order valence-corrected chi connectivity index (χ3v) is 3.16. The van der Waals surface area contributed by atoms with Crippen LogP contribution in [0.5, 0.6) is 5.75 Å². The van der Waals surface area contributed by atoms with Crippen LogP contribution in [0.2, 0.25) is 15.1 Å². The summed E-state index contributed by atoms with van der Waals surface area (Å²) in [4.78, 5) is -0.714. The SMILES string of the molecule is NC(=S)C(COc1c(Cl)cc(Cl)cc1Cl)C(F)(F)F. The lowest BCUT2D eigenvalue weighted by atomic mass is 10.1. The molecule has 9 heteroatoms. The Labute approximate surface area is 127 Å². The van der Waals surface area contributed by atoms with Crippen LogP contribution in [0.4, 0.5) is 13.2 Å². The molecule has 0 radical (unpaired) electrons. The molecular formula is C10H7Cl3F3NOS. The van der Waals surface area contributed by atoms with E-state index in [-0.39, 0.29) is 20.8 Å². The summed E-state index contributed by atoms with van der Waals surface area (Å²) in [5.74, 6) is -2.18. The van der Waals surface area contributed by atoms with Gasteiger partial charge in [0.05, 0.1) is 15.0 Å². The number of nitrogens with two attached hydrogens (primary N) is 1. The van der Waals surface area contributed by atoms with E-state index in [1.165, 1.54) is 12.1 Å². The van der Waals surface area contributed by atoms with Gasteiger partial charge in [0, 0.05) is 5.02 Å². The minimum absolute atomic E-state index is 0.00126. The second kappa shape index (κ2) is 6.35. The first-order chi connectivity index (χ1) is 8.62. The average molecular weight is 353 g/mol. The van der Waals surface area contributed by atoms with E-state index >= 15 is 0 Å². The molecule has 1 aromatic carbocycles. The van der Waals surface area contributed by atoms with Crippen molar-refractivity contribution in [1.29, 1.82) is 0 Å². The minimum Gasteiger partial charge on any atom is -0.489 e. The first-order valence-electron chi connectivity index (χ1n) is 4.76. The normalized spacial score (nSPS) is 13.2. The molecule has 2 N–H and O–H groups in total. The van der Waals surface area contributed by atoms with E-state index < -0.39 is 23.7 Å². The van der Waals surface area contributed by atoms with Gasteiger partial charge in [-0.1, -0.05) is 47.0 Å². The molecular weight excluding hydrogens is 346 g/mol. The average Bonchev–Trinajstić information content (AvgIpc) is 2.18. The van der Waals surface area contributed by atoms with Crippen molar-refractivity contribution in [1.82, 2.24) is 0 Å². The molecule has 0 aliphatic carbocycles. The Kier molecular flexibility index (Phi) is 5.55. The Bertz CT molecular complexity index is 472. The number of alkyl halides is 3. The minimum atomic E-state index is -4.60. The Morgan fingerprint density at radius 3 is 2.11 bits per heavy atom. The van der Waals surface area contributed by atoms with E-state index in [4.69, 9.17) is 45.3 Å². The van der Waals surface area contributed by atoms with Gasteiger partial charge < -0.3 is 10.5 Å². The van der Waals surface area contributed by atoms with Gasteiger partial charge in [-0.25, -0.2) is 0 Å². The van der Waals surface area contributed by atoms with Gasteiger partial charge in [-0.2, -0.15) is 13.2 Å². The second-order valence-electron chi connectivity index (χ2n) is 3.51. The largest absolute Gasteiger partial charge is 0.489 e. The lowest BCUT2D eigenvalue weighted by Crippen LogP contribution is -2.38. The molecule has 0 spiro atoms. The van der Waals surface area contributed by atoms with Crippen molar-refractivity contribution in [2.75, 3.05) is 6.61 Å². The number of ether oxygens (including phenoxy) is 1. The molecule has 0 aliphatic heterocycles. The molecule has 0 fully saturated rings. The summed E-state index contributed by atoms with van der Waals surface area (Å²) < 4.78 is 42.8. The zero-order valence-corrected chi connectivity index (χ0v) is 12.2.